The normalized spacial score (nSPS) is 34.1. The minimum absolute atomic E-state index is 0.109. The Balaban J connectivity index is 2.28. The second kappa shape index (κ2) is 4.43. The zero-order valence-corrected chi connectivity index (χ0v) is 8.55. The van der Waals surface area contributed by atoms with Crippen molar-refractivity contribution in [2.75, 3.05) is 25.0 Å². The Morgan fingerprint density at radius 1 is 1.64 bits per heavy atom. The Kier molecular flexibility index (Phi) is 3.82. The molecule has 0 aliphatic carbocycles. The number of rotatable bonds is 2. The summed E-state index contributed by atoms with van der Waals surface area (Å²) in [5, 5.41) is 10.5. The van der Waals surface area contributed by atoms with Crippen molar-refractivity contribution in [3.63, 3.8) is 0 Å². The van der Waals surface area contributed by atoms with E-state index in [9.17, 15) is 5.11 Å². The van der Waals surface area contributed by atoms with Crippen molar-refractivity contribution in [3.8, 4) is 0 Å². The van der Waals surface area contributed by atoms with Crippen LogP contribution in [0.1, 0.15) is 13.3 Å². The monoisotopic (exact) mass is 221 g/mol. The molecule has 0 aromatic heterocycles. The molecule has 0 aromatic carbocycles. The predicted octanol–water partition coefficient (Wildman–Crippen LogP) is 1.08. The molecular weight excluding hydrogens is 206 g/mol. The summed E-state index contributed by atoms with van der Waals surface area (Å²) in [4.78, 5) is 2.30. The lowest BCUT2D eigenvalue weighted by molar-refractivity contribution is 0.0322. The third kappa shape index (κ3) is 2.73. The Morgan fingerprint density at radius 3 is 2.91 bits per heavy atom. The largest absolute Gasteiger partial charge is 0.392 e. The van der Waals surface area contributed by atoms with E-state index < -0.39 is 0 Å². The first kappa shape index (κ1) is 9.49. The van der Waals surface area contributed by atoms with Gasteiger partial charge >= 0.3 is 0 Å². The van der Waals surface area contributed by atoms with Gasteiger partial charge in [0.25, 0.3) is 0 Å². The van der Waals surface area contributed by atoms with E-state index in [0.717, 1.165) is 31.4 Å². The minimum Gasteiger partial charge on any atom is -0.392 e. The van der Waals surface area contributed by atoms with E-state index >= 15 is 0 Å². The van der Waals surface area contributed by atoms with Gasteiger partial charge < -0.3 is 5.11 Å². The molecule has 2 atom stereocenters. The maximum atomic E-state index is 9.52. The number of piperidine rings is 1. The van der Waals surface area contributed by atoms with Gasteiger partial charge in [0.15, 0.2) is 0 Å². The molecule has 3 heteroatoms. The summed E-state index contributed by atoms with van der Waals surface area (Å²) in [5.74, 6) is 0.488. The standard InChI is InChI=1S/C8H16BrNO/c1-7-2-4-10(5-3-9)6-8(7)11/h7-8,11H,2-6H2,1H3. The average molecular weight is 222 g/mol. The molecule has 0 bridgehead atoms. The van der Waals surface area contributed by atoms with Crippen LogP contribution in [0.25, 0.3) is 0 Å². The van der Waals surface area contributed by atoms with Crippen LogP contribution in [0.15, 0.2) is 0 Å². The Bertz CT molecular complexity index is 121. The van der Waals surface area contributed by atoms with Gasteiger partial charge in [-0.05, 0) is 18.9 Å². The fraction of sp³-hybridized carbons (Fsp3) is 1.00. The third-order valence-electron chi connectivity index (χ3n) is 2.40. The van der Waals surface area contributed by atoms with E-state index in [-0.39, 0.29) is 6.10 Å². The summed E-state index contributed by atoms with van der Waals surface area (Å²) in [5.41, 5.74) is 0. The number of aliphatic hydroxyl groups excluding tert-OH is 1. The fourth-order valence-electron chi connectivity index (χ4n) is 1.44. The van der Waals surface area contributed by atoms with Crippen molar-refractivity contribution >= 4 is 15.9 Å². The van der Waals surface area contributed by atoms with E-state index in [2.05, 4.69) is 27.8 Å². The lowest BCUT2D eigenvalue weighted by Gasteiger charge is -2.33. The Labute approximate surface area is 76.7 Å². The highest BCUT2D eigenvalue weighted by atomic mass is 79.9. The van der Waals surface area contributed by atoms with Crippen LogP contribution >= 0.6 is 15.9 Å². The first-order valence-corrected chi connectivity index (χ1v) is 5.32. The maximum absolute atomic E-state index is 9.52. The summed E-state index contributed by atoms with van der Waals surface area (Å²) < 4.78 is 0. The summed E-state index contributed by atoms with van der Waals surface area (Å²) in [6, 6.07) is 0. The molecule has 2 unspecified atom stereocenters. The number of aliphatic hydroxyl groups is 1. The lowest BCUT2D eigenvalue weighted by atomic mass is 9.96. The summed E-state index contributed by atoms with van der Waals surface area (Å²) in [7, 11) is 0. The number of hydrogen-bond acceptors (Lipinski definition) is 2. The summed E-state index contributed by atoms with van der Waals surface area (Å²) in [6.07, 6.45) is 1.02. The molecule has 1 fully saturated rings. The van der Waals surface area contributed by atoms with Crippen LogP contribution in [-0.2, 0) is 0 Å². The second-order valence-corrected chi connectivity index (χ2v) is 4.12. The summed E-state index contributed by atoms with van der Waals surface area (Å²) >= 11 is 3.40. The highest BCUT2D eigenvalue weighted by Crippen LogP contribution is 2.16. The van der Waals surface area contributed by atoms with Crippen LogP contribution in [0.4, 0.5) is 0 Å². The molecule has 1 aliphatic heterocycles. The molecular formula is C8H16BrNO. The third-order valence-corrected chi connectivity index (χ3v) is 2.76. The quantitative estimate of drug-likeness (QED) is 0.707. The molecule has 0 amide bonds. The lowest BCUT2D eigenvalue weighted by Crippen LogP contribution is -2.43. The van der Waals surface area contributed by atoms with Crippen LogP contribution in [-0.4, -0.2) is 41.1 Å². The van der Waals surface area contributed by atoms with E-state index in [1.165, 1.54) is 0 Å². The SMILES string of the molecule is CC1CCN(CCBr)CC1O. The van der Waals surface area contributed by atoms with E-state index in [4.69, 9.17) is 0 Å². The smallest absolute Gasteiger partial charge is 0.0693 e. The van der Waals surface area contributed by atoms with Crippen molar-refractivity contribution in [2.24, 2.45) is 5.92 Å². The van der Waals surface area contributed by atoms with Crippen LogP contribution in [0.5, 0.6) is 0 Å². The second-order valence-electron chi connectivity index (χ2n) is 3.32. The topological polar surface area (TPSA) is 23.5 Å². The van der Waals surface area contributed by atoms with Gasteiger partial charge in [0, 0.05) is 18.4 Å². The number of likely N-dealkylation sites (tertiary alicyclic amines) is 1. The van der Waals surface area contributed by atoms with Crippen molar-refractivity contribution in [1.82, 2.24) is 4.90 Å². The molecule has 1 N–H and O–H groups in total. The van der Waals surface area contributed by atoms with Gasteiger partial charge in [-0.1, -0.05) is 22.9 Å². The molecule has 11 heavy (non-hydrogen) atoms. The molecule has 0 spiro atoms. The molecule has 0 saturated carbocycles. The van der Waals surface area contributed by atoms with Gasteiger partial charge in [-0.25, -0.2) is 0 Å². The van der Waals surface area contributed by atoms with Crippen LogP contribution in [0.2, 0.25) is 0 Å². The zero-order chi connectivity index (χ0) is 8.27. The van der Waals surface area contributed by atoms with Crippen LogP contribution < -0.4 is 0 Å². The van der Waals surface area contributed by atoms with Crippen molar-refractivity contribution in [3.05, 3.63) is 0 Å². The summed E-state index contributed by atoms with van der Waals surface area (Å²) in [6.45, 7) is 5.18. The fourth-order valence-corrected chi connectivity index (χ4v) is 1.94. The van der Waals surface area contributed by atoms with E-state index in [0.29, 0.717) is 5.92 Å². The van der Waals surface area contributed by atoms with Gasteiger partial charge in [0.05, 0.1) is 6.10 Å². The van der Waals surface area contributed by atoms with Gasteiger partial charge in [0.1, 0.15) is 0 Å². The molecule has 66 valence electrons. The number of β-amino-alcohol motifs (C(OH)–C–C–N with tert-alkyl or cyclic N) is 1. The molecule has 1 saturated heterocycles. The molecule has 2 nitrogen and oxygen atoms in total. The molecule has 1 aliphatic rings. The van der Waals surface area contributed by atoms with E-state index in [1.54, 1.807) is 0 Å². The van der Waals surface area contributed by atoms with Crippen LogP contribution in [0, 0.1) is 5.92 Å². The number of halogens is 1. The number of hydrogen-bond donors (Lipinski definition) is 1. The van der Waals surface area contributed by atoms with Gasteiger partial charge in [0.2, 0.25) is 0 Å². The van der Waals surface area contributed by atoms with E-state index in [1.807, 2.05) is 0 Å². The Hall–Kier alpha value is 0.400. The van der Waals surface area contributed by atoms with Crippen molar-refractivity contribution in [2.45, 2.75) is 19.4 Å². The zero-order valence-electron chi connectivity index (χ0n) is 6.96. The van der Waals surface area contributed by atoms with Crippen molar-refractivity contribution < 1.29 is 5.11 Å². The number of nitrogens with zero attached hydrogens (tertiary/aromatic N) is 1. The predicted molar refractivity (Wildman–Crippen MR) is 50.0 cm³/mol. The maximum Gasteiger partial charge on any atom is 0.0693 e. The molecule has 1 rings (SSSR count). The van der Waals surface area contributed by atoms with Gasteiger partial charge in [-0.2, -0.15) is 0 Å². The minimum atomic E-state index is -0.109. The van der Waals surface area contributed by atoms with Gasteiger partial charge in [-0.15, -0.1) is 0 Å². The van der Waals surface area contributed by atoms with Crippen molar-refractivity contribution in [1.29, 1.82) is 0 Å². The molecule has 0 radical (unpaired) electrons. The number of alkyl halides is 1. The first-order chi connectivity index (χ1) is 5.24. The molecule has 0 aromatic rings. The van der Waals surface area contributed by atoms with Crippen LogP contribution in [0.3, 0.4) is 0 Å². The highest BCUT2D eigenvalue weighted by molar-refractivity contribution is 9.09. The highest BCUT2D eigenvalue weighted by Gasteiger charge is 2.23. The Morgan fingerprint density at radius 2 is 2.36 bits per heavy atom. The molecule has 1 heterocycles. The van der Waals surface area contributed by atoms with Gasteiger partial charge in [-0.3, -0.25) is 4.90 Å². The first-order valence-electron chi connectivity index (χ1n) is 4.20. The average Bonchev–Trinajstić information content (AvgIpc) is 1.98.